The van der Waals surface area contributed by atoms with Gasteiger partial charge in [-0.1, -0.05) is 6.07 Å². The summed E-state index contributed by atoms with van der Waals surface area (Å²) in [7, 11) is 0. The zero-order chi connectivity index (χ0) is 14.1. The Balaban J connectivity index is 1.80. The van der Waals surface area contributed by atoms with Gasteiger partial charge in [0.25, 0.3) is 0 Å². The van der Waals surface area contributed by atoms with E-state index in [4.69, 9.17) is 0 Å². The number of pyridine rings is 1. The van der Waals surface area contributed by atoms with Gasteiger partial charge >= 0.3 is 0 Å². The molecule has 0 radical (unpaired) electrons. The Morgan fingerprint density at radius 1 is 1.40 bits per heavy atom. The molecule has 0 aliphatic heterocycles. The van der Waals surface area contributed by atoms with Gasteiger partial charge in [0, 0.05) is 22.0 Å². The molecule has 0 saturated carbocycles. The molecule has 2 atom stereocenters. The van der Waals surface area contributed by atoms with Crippen molar-refractivity contribution in [1.29, 1.82) is 0 Å². The van der Waals surface area contributed by atoms with E-state index in [-0.39, 0.29) is 0 Å². The maximum absolute atomic E-state index is 4.62. The molecule has 0 aromatic carbocycles. The van der Waals surface area contributed by atoms with Crippen molar-refractivity contribution < 1.29 is 0 Å². The van der Waals surface area contributed by atoms with Gasteiger partial charge in [-0.05, 0) is 63.3 Å². The lowest BCUT2D eigenvalue weighted by Gasteiger charge is -2.28. The number of thiophene rings is 1. The van der Waals surface area contributed by atoms with Crippen LogP contribution in [0.2, 0.25) is 0 Å². The molecule has 1 aliphatic carbocycles. The van der Waals surface area contributed by atoms with Crippen LogP contribution in [0.4, 0.5) is 0 Å². The molecule has 3 rings (SSSR count). The zero-order valence-electron chi connectivity index (χ0n) is 12.4. The molecule has 2 unspecified atom stereocenters. The molecule has 2 aromatic rings. The number of nitrogens with one attached hydrogen (secondary N) is 1. The van der Waals surface area contributed by atoms with Crippen LogP contribution < -0.4 is 5.32 Å². The van der Waals surface area contributed by atoms with E-state index in [1.165, 1.54) is 45.8 Å². The molecule has 2 aromatic heterocycles. The van der Waals surface area contributed by atoms with Crippen molar-refractivity contribution in [3.8, 4) is 0 Å². The Kier molecular flexibility index (Phi) is 3.90. The van der Waals surface area contributed by atoms with Gasteiger partial charge in [0.15, 0.2) is 0 Å². The Morgan fingerprint density at radius 3 is 3.00 bits per heavy atom. The standard InChI is InChI=1S/C17H22N2S/c1-11-10-15(13(3)20-11)12(2)19-16-8-4-6-14-7-5-9-18-17(14)16/h5,7,9-10,12,16,19H,4,6,8H2,1-3H3. The summed E-state index contributed by atoms with van der Waals surface area (Å²) in [6.07, 6.45) is 5.54. The molecule has 1 aliphatic rings. The first-order valence-electron chi connectivity index (χ1n) is 7.42. The molecule has 0 fully saturated rings. The van der Waals surface area contributed by atoms with E-state index in [1.807, 2.05) is 17.5 Å². The smallest absolute Gasteiger partial charge is 0.0605 e. The van der Waals surface area contributed by atoms with E-state index in [9.17, 15) is 0 Å². The van der Waals surface area contributed by atoms with Gasteiger partial charge in [0.1, 0.15) is 0 Å². The summed E-state index contributed by atoms with van der Waals surface area (Å²) in [4.78, 5) is 7.44. The van der Waals surface area contributed by atoms with Crippen LogP contribution in [0, 0.1) is 13.8 Å². The first-order chi connectivity index (χ1) is 9.65. The molecule has 3 heteroatoms. The van der Waals surface area contributed by atoms with Crippen molar-refractivity contribution in [3.05, 3.63) is 51.0 Å². The van der Waals surface area contributed by atoms with E-state index in [1.54, 1.807) is 0 Å². The van der Waals surface area contributed by atoms with Crippen molar-refractivity contribution in [2.45, 2.75) is 52.1 Å². The number of nitrogens with zero attached hydrogens (tertiary/aromatic N) is 1. The van der Waals surface area contributed by atoms with Crippen molar-refractivity contribution in [2.75, 3.05) is 0 Å². The summed E-state index contributed by atoms with van der Waals surface area (Å²) in [5.41, 5.74) is 4.12. The molecular formula is C17H22N2S. The highest BCUT2D eigenvalue weighted by molar-refractivity contribution is 7.12. The van der Waals surface area contributed by atoms with Gasteiger partial charge in [0.2, 0.25) is 0 Å². The van der Waals surface area contributed by atoms with E-state index in [0.29, 0.717) is 12.1 Å². The van der Waals surface area contributed by atoms with Crippen LogP contribution >= 0.6 is 11.3 Å². The molecule has 0 amide bonds. The number of hydrogen-bond acceptors (Lipinski definition) is 3. The predicted octanol–water partition coefficient (Wildman–Crippen LogP) is 4.49. The number of aryl methyl sites for hydroxylation is 3. The summed E-state index contributed by atoms with van der Waals surface area (Å²) in [5, 5.41) is 3.79. The van der Waals surface area contributed by atoms with Crippen molar-refractivity contribution in [1.82, 2.24) is 10.3 Å². The van der Waals surface area contributed by atoms with Crippen LogP contribution in [0.15, 0.2) is 24.4 Å². The molecule has 20 heavy (non-hydrogen) atoms. The Labute approximate surface area is 125 Å². The number of fused-ring (bicyclic) bond motifs is 1. The minimum absolute atomic E-state index is 0.387. The van der Waals surface area contributed by atoms with Gasteiger partial charge < -0.3 is 5.32 Å². The first kappa shape index (κ1) is 13.8. The third kappa shape index (κ3) is 2.65. The Bertz CT molecular complexity index is 603. The van der Waals surface area contributed by atoms with Gasteiger partial charge in [-0.2, -0.15) is 0 Å². The minimum atomic E-state index is 0.387. The normalized spacial score (nSPS) is 19.6. The Morgan fingerprint density at radius 2 is 2.25 bits per heavy atom. The zero-order valence-corrected chi connectivity index (χ0v) is 13.3. The molecule has 0 saturated heterocycles. The van der Waals surface area contributed by atoms with Crippen molar-refractivity contribution >= 4 is 11.3 Å². The van der Waals surface area contributed by atoms with E-state index < -0.39 is 0 Å². The maximum Gasteiger partial charge on any atom is 0.0605 e. The van der Waals surface area contributed by atoms with Crippen LogP contribution in [0.1, 0.15) is 58.4 Å². The summed E-state index contributed by atoms with van der Waals surface area (Å²) < 4.78 is 0. The second kappa shape index (κ2) is 5.66. The quantitative estimate of drug-likeness (QED) is 0.899. The molecule has 106 valence electrons. The van der Waals surface area contributed by atoms with E-state index in [0.717, 1.165) is 0 Å². The summed E-state index contributed by atoms with van der Waals surface area (Å²) >= 11 is 1.89. The average Bonchev–Trinajstić information content (AvgIpc) is 2.78. The summed E-state index contributed by atoms with van der Waals surface area (Å²) in [6.45, 7) is 6.68. The highest BCUT2D eigenvalue weighted by atomic mass is 32.1. The molecule has 0 bridgehead atoms. The second-order valence-electron chi connectivity index (χ2n) is 5.75. The monoisotopic (exact) mass is 286 g/mol. The number of aromatic nitrogens is 1. The lowest BCUT2D eigenvalue weighted by atomic mass is 9.91. The fourth-order valence-electron chi connectivity index (χ4n) is 3.24. The van der Waals surface area contributed by atoms with Crippen molar-refractivity contribution in [2.24, 2.45) is 0 Å². The van der Waals surface area contributed by atoms with Gasteiger partial charge in [-0.3, -0.25) is 4.98 Å². The van der Waals surface area contributed by atoms with Crippen LogP contribution in [0.5, 0.6) is 0 Å². The summed E-state index contributed by atoms with van der Waals surface area (Å²) in [5.74, 6) is 0. The lowest BCUT2D eigenvalue weighted by molar-refractivity contribution is 0.406. The van der Waals surface area contributed by atoms with Crippen LogP contribution in [-0.2, 0) is 6.42 Å². The SMILES string of the molecule is Cc1cc(C(C)NC2CCCc3cccnc32)c(C)s1. The minimum Gasteiger partial charge on any atom is -0.302 e. The van der Waals surface area contributed by atoms with E-state index >= 15 is 0 Å². The van der Waals surface area contributed by atoms with Crippen LogP contribution in [0.3, 0.4) is 0 Å². The van der Waals surface area contributed by atoms with Crippen LogP contribution in [0.25, 0.3) is 0 Å². The van der Waals surface area contributed by atoms with Gasteiger partial charge in [-0.15, -0.1) is 11.3 Å². The lowest BCUT2D eigenvalue weighted by Crippen LogP contribution is -2.28. The molecule has 2 heterocycles. The fraction of sp³-hybridized carbons (Fsp3) is 0.471. The predicted molar refractivity (Wildman–Crippen MR) is 85.3 cm³/mol. The largest absolute Gasteiger partial charge is 0.302 e. The van der Waals surface area contributed by atoms with Gasteiger partial charge in [0.05, 0.1) is 11.7 Å². The summed E-state index contributed by atoms with van der Waals surface area (Å²) in [6, 6.07) is 7.38. The van der Waals surface area contributed by atoms with Gasteiger partial charge in [-0.25, -0.2) is 0 Å². The third-order valence-electron chi connectivity index (χ3n) is 4.19. The number of hydrogen-bond donors (Lipinski definition) is 1. The molecule has 0 spiro atoms. The molecular weight excluding hydrogens is 264 g/mol. The highest BCUT2D eigenvalue weighted by Gasteiger charge is 2.23. The second-order valence-corrected chi connectivity index (χ2v) is 7.21. The van der Waals surface area contributed by atoms with E-state index in [2.05, 4.69) is 49.3 Å². The maximum atomic E-state index is 4.62. The topological polar surface area (TPSA) is 24.9 Å². The molecule has 1 N–H and O–H groups in total. The van der Waals surface area contributed by atoms with Crippen molar-refractivity contribution in [3.63, 3.8) is 0 Å². The third-order valence-corrected chi connectivity index (χ3v) is 5.17. The Hall–Kier alpha value is -1.19. The average molecular weight is 286 g/mol. The fourth-order valence-corrected chi connectivity index (χ4v) is 4.27. The molecule has 2 nitrogen and oxygen atoms in total. The number of rotatable bonds is 3. The first-order valence-corrected chi connectivity index (χ1v) is 8.23. The van der Waals surface area contributed by atoms with Crippen LogP contribution in [-0.4, -0.2) is 4.98 Å². The highest BCUT2D eigenvalue weighted by Crippen LogP contribution is 2.32.